The molecule has 1 heterocycles. The molecular formula is C15H20N2O. The lowest BCUT2D eigenvalue weighted by Crippen LogP contribution is -2.49. The van der Waals surface area contributed by atoms with E-state index in [1.165, 1.54) is 11.1 Å². The van der Waals surface area contributed by atoms with Crippen LogP contribution in [0.5, 0.6) is 0 Å². The molecule has 1 aliphatic heterocycles. The molecule has 18 heavy (non-hydrogen) atoms. The van der Waals surface area contributed by atoms with Gasteiger partial charge in [0.15, 0.2) is 0 Å². The first-order valence-electron chi connectivity index (χ1n) is 6.80. The highest BCUT2D eigenvalue weighted by Gasteiger charge is 2.42. The molecule has 96 valence electrons. The van der Waals surface area contributed by atoms with Gasteiger partial charge < -0.3 is 10.6 Å². The average molecular weight is 244 g/mol. The Hall–Kier alpha value is -1.35. The van der Waals surface area contributed by atoms with Crippen LogP contribution in [0.3, 0.4) is 0 Å². The number of nitrogens with two attached hydrogens (primary N) is 1. The summed E-state index contributed by atoms with van der Waals surface area (Å²) >= 11 is 0. The predicted molar refractivity (Wildman–Crippen MR) is 71.0 cm³/mol. The number of benzene rings is 1. The zero-order chi connectivity index (χ0) is 12.7. The highest BCUT2D eigenvalue weighted by Crippen LogP contribution is 2.39. The molecule has 2 unspecified atom stereocenters. The summed E-state index contributed by atoms with van der Waals surface area (Å²) in [6.45, 7) is 2.08. The van der Waals surface area contributed by atoms with Gasteiger partial charge in [-0.15, -0.1) is 0 Å². The van der Waals surface area contributed by atoms with E-state index in [9.17, 15) is 4.79 Å². The summed E-state index contributed by atoms with van der Waals surface area (Å²) in [5, 5.41) is 0. The summed E-state index contributed by atoms with van der Waals surface area (Å²) in [6, 6.07) is 9.04. The van der Waals surface area contributed by atoms with Crippen LogP contribution in [0.2, 0.25) is 0 Å². The number of carbonyl (C=O) groups is 1. The van der Waals surface area contributed by atoms with Crippen LogP contribution in [0.25, 0.3) is 0 Å². The average Bonchev–Trinajstić information content (AvgIpc) is 3.17. The SMILES string of the molecule is Cc1ccc(C2C(N)CCC(=O)N2C2CC2)cc1. The Morgan fingerprint density at radius 1 is 1.17 bits per heavy atom. The summed E-state index contributed by atoms with van der Waals surface area (Å²) < 4.78 is 0. The van der Waals surface area contributed by atoms with Gasteiger partial charge in [-0.2, -0.15) is 0 Å². The molecule has 0 bridgehead atoms. The Kier molecular flexibility index (Phi) is 2.86. The van der Waals surface area contributed by atoms with E-state index in [0.717, 1.165) is 19.3 Å². The summed E-state index contributed by atoms with van der Waals surface area (Å²) in [7, 11) is 0. The van der Waals surface area contributed by atoms with Crippen LogP contribution < -0.4 is 5.73 Å². The minimum atomic E-state index is 0.0750. The second-order valence-electron chi connectivity index (χ2n) is 5.59. The van der Waals surface area contributed by atoms with Crippen molar-refractivity contribution < 1.29 is 4.79 Å². The zero-order valence-electron chi connectivity index (χ0n) is 10.8. The van der Waals surface area contributed by atoms with Crippen molar-refractivity contribution in [1.29, 1.82) is 0 Å². The van der Waals surface area contributed by atoms with E-state index < -0.39 is 0 Å². The molecule has 3 nitrogen and oxygen atoms in total. The fourth-order valence-electron chi connectivity index (χ4n) is 2.89. The first-order valence-corrected chi connectivity index (χ1v) is 6.80. The van der Waals surface area contributed by atoms with Gasteiger partial charge in [0.05, 0.1) is 6.04 Å². The van der Waals surface area contributed by atoms with E-state index in [0.29, 0.717) is 12.5 Å². The number of likely N-dealkylation sites (tertiary alicyclic amines) is 1. The van der Waals surface area contributed by atoms with E-state index in [1.807, 2.05) is 0 Å². The fourth-order valence-corrected chi connectivity index (χ4v) is 2.89. The van der Waals surface area contributed by atoms with Gasteiger partial charge in [-0.1, -0.05) is 29.8 Å². The number of amides is 1. The first-order chi connectivity index (χ1) is 8.66. The molecule has 0 aromatic heterocycles. The van der Waals surface area contributed by atoms with Crippen LogP contribution in [0.1, 0.15) is 42.9 Å². The normalized spacial score (nSPS) is 28.6. The molecule has 1 amide bonds. The Morgan fingerprint density at radius 3 is 2.44 bits per heavy atom. The molecule has 1 aromatic carbocycles. The largest absolute Gasteiger partial charge is 0.331 e. The number of aryl methyl sites for hydroxylation is 1. The van der Waals surface area contributed by atoms with Crippen LogP contribution in [0.4, 0.5) is 0 Å². The third kappa shape index (κ3) is 2.03. The van der Waals surface area contributed by atoms with Crippen molar-refractivity contribution in [2.24, 2.45) is 5.73 Å². The molecule has 1 saturated heterocycles. The van der Waals surface area contributed by atoms with Crippen LogP contribution in [0.15, 0.2) is 24.3 Å². The van der Waals surface area contributed by atoms with Gasteiger partial charge >= 0.3 is 0 Å². The lowest BCUT2D eigenvalue weighted by molar-refractivity contribution is -0.138. The number of carbonyl (C=O) groups excluding carboxylic acids is 1. The molecule has 1 aliphatic carbocycles. The van der Waals surface area contributed by atoms with E-state index in [2.05, 4.69) is 36.1 Å². The fraction of sp³-hybridized carbons (Fsp3) is 0.533. The monoisotopic (exact) mass is 244 g/mol. The minimum Gasteiger partial charge on any atom is -0.331 e. The number of hydrogen-bond acceptors (Lipinski definition) is 2. The van der Waals surface area contributed by atoms with E-state index in [-0.39, 0.29) is 18.0 Å². The molecule has 2 aliphatic rings. The van der Waals surface area contributed by atoms with Crippen molar-refractivity contribution in [1.82, 2.24) is 4.90 Å². The summed E-state index contributed by atoms with van der Waals surface area (Å²) in [6.07, 6.45) is 3.70. The molecule has 2 atom stereocenters. The number of hydrogen-bond donors (Lipinski definition) is 1. The Morgan fingerprint density at radius 2 is 1.83 bits per heavy atom. The lowest BCUT2D eigenvalue weighted by Gasteiger charge is -2.40. The van der Waals surface area contributed by atoms with Gasteiger partial charge in [0.2, 0.25) is 5.91 Å². The molecule has 0 radical (unpaired) electrons. The molecule has 1 aromatic rings. The van der Waals surface area contributed by atoms with Gasteiger partial charge in [-0.25, -0.2) is 0 Å². The number of nitrogens with zero attached hydrogens (tertiary/aromatic N) is 1. The molecule has 2 N–H and O–H groups in total. The van der Waals surface area contributed by atoms with Crippen LogP contribution in [-0.4, -0.2) is 22.9 Å². The molecular weight excluding hydrogens is 224 g/mol. The van der Waals surface area contributed by atoms with Crippen LogP contribution in [-0.2, 0) is 4.79 Å². The molecule has 3 heteroatoms. The van der Waals surface area contributed by atoms with Crippen molar-refractivity contribution in [3.05, 3.63) is 35.4 Å². The van der Waals surface area contributed by atoms with Crippen molar-refractivity contribution >= 4 is 5.91 Å². The lowest BCUT2D eigenvalue weighted by atomic mass is 9.90. The zero-order valence-corrected chi connectivity index (χ0v) is 10.8. The van der Waals surface area contributed by atoms with Crippen LogP contribution >= 0.6 is 0 Å². The van der Waals surface area contributed by atoms with Crippen molar-refractivity contribution in [3.63, 3.8) is 0 Å². The van der Waals surface area contributed by atoms with Gasteiger partial charge in [0.25, 0.3) is 0 Å². The standard InChI is InChI=1S/C15H20N2O/c1-10-2-4-11(5-3-10)15-13(16)8-9-14(18)17(15)12-6-7-12/h2-5,12-13,15H,6-9,16H2,1H3. The second-order valence-corrected chi connectivity index (χ2v) is 5.59. The maximum absolute atomic E-state index is 12.1. The third-order valence-electron chi connectivity index (χ3n) is 4.04. The Balaban J connectivity index is 1.94. The van der Waals surface area contributed by atoms with E-state index >= 15 is 0 Å². The summed E-state index contributed by atoms with van der Waals surface area (Å²) in [5.74, 6) is 0.282. The maximum atomic E-state index is 12.1. The summed E-state index contributed by atoms with van der Waals surface area (Å²) in [4.78, 5) is 14.2. The third-order valence-corrected chi connectivity index (χ3v) is 4.04. The van der Waals surface area contributed by atoms with E-state index in [1.54, 1.807) is 0 Å². The second kappa shape index (κ2) is 4.39. The number of rotatable bonds is 2. The topological polar surface area (TPSA) is 46.3 Å². The van der Waals surface area contributed by atoms with Crippen molar-refractivity contribution in [2.75, 3.05) is 0 Å². The predicted octanol–water partition coefficient (Wildman–Crippen LogP) is 2.15. The Bertz CT molecular complexity index is 450. The van der Waals surface area contributed by atoms with Gasteiger partial charge in [0, 0.05) is 18.5 Å². The van der Waals surface area contributed by atoms with Gasteiger partial charge in [-0.3, -0.25) is 4.79 Å². The smallest absolute Gasteiger partial charge is 0.223 e. The Labute approximate surface area is 108 Å². The quantitative estimate of drug-likeness (QED) is 0.866. The molecule has 0 spiro atoms. The van der Waals surface area contributed by atoms with Crippen LogP contribution in [0, 0.1) is 6.92 Å². The minimum absolute atomic E-state index is 0.0750. The first kappa shape index (κ1) is 11.7. The number of piperidine rings is 1. The highest BCUT2D eigenvalue weighted by molar-refractivity contribution is 5.78. The van der Waals surface area contributed by atoms with Crippen molar-refractivity contribution in [3.8, 4) is 0 Å². The maximum Gasteiger partial charge on any atom is 0.223 e. The van der Waals surface area contributed by atoms with Crippen molar-refractivity contribution in [2.45, 2.75) is 50.7 Å². The molecule has 1 saturated carbocycles. The highest BCUT2D eigenvalue weighted by atomic mass is 16.2. The van der Waals surface area contributed by atoms with Gasteiger partial charge in [0.1, 0.15) is 0 Å². The molecule has 3 rings (SSSR count). The molecule has 2 fully saturated rings. The van der Waals surface area contributed by atoms with Gasteiger partial charge in [-0.05, 0) is 31.7 Å². The summed E-state index contributed by atoms with van der Waals surface area (Å²) in [5.41, 5.74) is 8.70. The van der Waals surface area contributed by atoms with E-state index in [4.69, 9.17) is 5.73 Å².